The molecule has 0 fully saturated rings. The summed E-state index contributed by atoms with van der Waals surface area (Å²) in [5.74, 6) is -1.21. The number of anilines is 2. The van der Waals surface area contributed by atoms with Gasteiger partial charge in [-0.2, -0.15) is 0 Å². The molecule has 2 amide bonds. The van der Waals surface area contributed by atoms with Crippen LogP contribution in [0, 0.1) is 6.92 Å². The SMILES string of the molecule is Cc1ccc(NC(=O)C(=Cc2cccnc2Cl)C(=O)Nc2ccccc2)c(Cl)c1. The fraction of sp³-hybridized carbons (Fsp3) is 0.0455. The molecule has 0 spiro atoms. The van der Waals surface area contributed by atoms with Gasteiger partial charge in [0, 0.05) is 17.4 Å². The summed E-state index contributed by atoms with van der Waals surface area (Å²) in [5.41, 5.74) is 2.21. The zero-order valence-electron chi connectivity index (χ0n) is 15.4. The van der Waals surface area contributed by atoms with Crippen LogP contribution in [-0.4, -0.2) is 16.8 Å². The highest BCUT2D eigenvalue weighted by Gasteiger charge is 2.20. The van der Waals surface area contributed by atoms with Crippen molar-refractivity contribution >= 4 is 52.5 Å². The Morgan fingerprint density at radius 3 is 2.34 bits per heavy atom. The monoisotopic (exact) mass is 425 g/mol. The first-order valence-corrected chi connectivity index (χ1v) is 9.46. The standard InChI is InChI=1S/C22H17Cl2N3O2/c1-14-9-10-19(18(23)12-14)27-22(29)17(13-15-6-5-11-25-20(15)24)21(28)26-16-7-3-2-4-8-16/h2-13H,1H3,(H,26,28)(H,27,29). The van der Waals surface area contributed by atoms with Crippen LogP contribution in [0.15, 0.2) is 72.4 Å². The fourth-order valence-corrected chi connectivity index (χ4v) is 2.98. The summed E-state index contributed by atoms with van der Waals surface area (Å²) < 4.78 is 0. The maximum Gasteiger partial charge on any atom is 0.261 e. The van der Waals surface area contributed by atoms with Gasteiger partial charge in [-0.25, -0.2) is 4.98 Å². The molecule has 1 aromatic heterocycles. The van der Waals surface area contributed by atoms with Gasteiger partial charge in [0.25, 0.3) is 11.8 Å². The summed E-state index contributed by atoms with van der Waals surface area (Å²) >= 11 is 12.3. The van der Waals surface area contributed by atoms with Gasteiger partial charge >= 0.3 is 0 Å². The molecule has 2 aromatic carbocycles. The summed E-state index contributed by atoms with van der Waals surface area (Å²) in [6.07, 6.45) is 2.92. The molecule has 0 bridgehead atoms. The molecule has 2 N–H and O–H groups in total. The quantitative estimate of drug-likeness (QED) is 0.250. The number of pyridine rings is 1. The van der Waals surface area contributed by atoms with Crippen LogP contribution in [0.1, 0.15) is 11.1 Å². The zero-order valence-corrected chi connectivity index (χ0v) is 17.0. The van der Waals surface area contributed by atoms with Crippen LogP contribution in [0.5, 0.6) is 0 Å². The van der Waals surface area contributed by atoms with Gasteiger partial charge in [-0.15, -0.1) is 0 Å². The van der Waals surface area contributed by atoms with Gasteiger partial charge in [0.15, 0.2) is 0 Å². The van der Waals surface area contributed by atoms with E-state index in [0.29, 0.717) is 22.0 Å². The second kappa shape index (κ2) is 9.37. The van der Waals surface area contributed by atoms with Crippen molar-refractivity contribution in [2.75, 3.05) is 10.6 Å². The van der Waals surface area contributed by atoms with Gasteiger partial charge in [-0.1, -0.05) is 53.5 Å². The van der Waals surface area contributed by atoms with E-state index in [4.69, 9.17) is 23.2 Å². The molecular formula is C22H17Cl2N3O2. The number of aryl methyl sites for hydroxylation is 1. The first-order valence-electron chi connectivity index (χ1n) is 8.70. The Morgan fingerprint density at radius 2 is 1.66 bits per heavy atom. The summed E-state index contributed by atoms with van der Waals surface area (Å²) in [4.78, 5) is 29.8. The van der Waals surface area contributed by atoms with Crippen LogP contribution in [0.3, 0.4) is 0 Å². The molecule has 0 saturated carbocycles. The van der Waals surface area contributed by atoms with Gasteiger partial charge in [-0.3, -0.25) is 9.59 Å². The second-order valence-electron chi connectivity index (χ2n) is 6.20. The molecule has 0 unspecified atom stereocenters. The molecule has 0 atom stereocenters. The number of rotatable bonds is 5. The van der Waals surface area contributed by atoms with Crippen LogP contribution in [0.4, 0.5) is 11.4 Å². The number of amides is 2. The first-order chi connectivity index (χ1) is 13.9. The molecule has 146 valence electrons. The Balaban J connectivity index is 1.94. The third-order valence-electron chi connectivity index (χ3n) is 3.98. The number of para-hydroxylation sites is 1. The van der Waals surface area contributed by atoms with E-state index in [2.05, 4.69) is 15.6 Å². The lowest BCUT2D eigenvalue weighted by molar-refractivity contribution is -0.118. The predicted molar refractivity (Wildman–Crippen MR) is 117 cm³/mol. The predicted octanol–water partition coefficient (Wildman–Crippen LogP) is 5.36. The van der Waals surface area contributed by atoms with E-state index in [1.54, 1.807) is 48.5 Å². The summed E-state index contributed by atoms with van der Waals surface area (Å²) in [7, 11) is 0. The van der Waals surface area contributed by atoms with Crippen molar-refractivity contribution in [2.45, 2.75) is 6.92 Å². The Kier molecular flexibility index (Phi) is 6.65. The number of hydrogen-bond donors (Lipinski definition) is 2. The highest BCUT2D eigenvalue weighted by atomic mass is 35.5. The number of halogens is 2. The van der Waals surface area contributed by atoms with Gasteiger partial charge in [0.1, 0.15) is 10.7 Å². The lowest BCUT2D eigenvalue weighted by Crippen LogP contribution is -2.25. The largest absolute Gasteiger partial charge is 0.322 e. The van der Waals surface area contributed by atoms with Crippen molar-refractivity contribution < 1.29 is 9.59 Å². The minimum absolute atomic E-state index is 0.139. The van der Waals surface area contributed by atoms with Gasteiger partial charge in [-0.05, 0) is 48.9 Å². The Labute approximate surface area is 178 Å². The smallest absolute Gasteiger partial charge is 0.261 e. The molecule has 29 heavy (non-hydrogen) atoms. The molecule has 5 nitrogen and oxygen atoms in total. The number of aromatic nitrogens is 1. The third kappa shape index (κ3) is 5.44. The minimum Gasteiger partial charge on any atom is -0.322 e. The lowest BCUT2D eigenvalue weighted by atomic mass is 10.1. The van der Waals surface area contributed by atoms with Crippen LogP contribution >= 0.6 is 23.2 Å². The normalized spacial score (nSPS) is 11.1. The highest BCUT2D eigenvalue weighted by Crippen LogP contribution is 2.24. The van der Waals surface area contributed by atoms with E-state index in [-0.39, 0.29) is 10.7 Å². The number of benzene rings is 2. The molecule has 3 aromatic rings. The molecule has 0 saturated heterocycles. The fourth-order valence-electron chi connectivity index (χ4n) is 2.53. The first kappa shape index (κ1) is 20.6. The molecule has 0 radical (unpaired) electrons. The van der Waals surface area contributed by atoms with Crippen molar-refractivity contribution in [1.82, 2.24) is 4.98 Å². The van der Waals surface area contributed by atoms with E-state index >= 15 is 0 Å². The number of nitrogens with zero attached hydrogens (tertiary/aromatic N) is 1. The summed E-state index contributed by atoms with van der Waals surface area (Å²) in [6.45, 7) is 1.89. The molecular weight excluding hydrogens is 409 g/mol. The molecule has 7 heteroatoms. The minimum atomic E-state index is -0.621. The number of hydrogen-bond acceptors (Lipinski definition) is 3. The van der Waals surface area contributed by atoms with E-state index in [1.807, 2.05) is 19.1 Å². The number of carbonyl (C=O) groups excluding carboxylic acids is 2. The molecule has 0 aliphatic heterocycles. The number of nitrogens with one attached hydrogen (secondary N) is 2. The summed E-state index contributed by atoms with van der Waals surface area (Å²) in [5, 5.41) is 5.94. The van der Waals surface area contributed by atoms with Crippen LogP contribution in [0.25, 0.3) is 6.08 Å². The van der Waals surface area contributed by atoms with Crippen LogP contribution in [-0.2, 0) is 9.59 Å². The average Bonchev–Trinajstić information content (AvgIpc) is 2.70. The van der Waals surface area contributed by atoms with Crippen molar-refractivity contribution in [3.63, 3.8) is 0 Å². The maximum atomic E-state index is 12.9. The van der Waals surface area contributed by atoms with Crippen LogP contribution < -0.4 is 10.6 Å². The van der Waals surface area contributed by atoms with Gasteiger partial charge < -0.3 is 10.6 Å². The van der Waals surface area contributed by atoms with Crippen molar-refractivity contribution in [3.05, 3.63) is 93.7 Å². The van der Waals surface area contributed by atoms with E-state index < -0.39 is 11.8 Å². The zero-order chi connectivity index (χ0) is 20.8. The Bertz CT molecular complexity index is 1080. The molecule has 0 aliphatic carbocycles. The average molecular weight is 426 g/mol. The maximum absolute atomic E-state index is 12.9. The van der Waals surface area contributed by atoms with Crippen LogP contribution in [0.2, 0.25) is 10.2 Å². The van der Waals surface area contributed by atoms with Gasteiger partial charge in [0.2, 0.25) is 0 Å². The lowest BCUT2D eigenvalue weighted by Gasteiger charge is -2.12. The van der Waals surface area contributed by atoms with Crippen molar-refractivity contribution in [3.8, 4) is 0 Å². The second-order valence-corrected chi connectivity index (χ2v) is 6.96. The van der Waals surface area contributed by atoms with E-state index in [0.717, 1.165) is 5.56 Å². The van der Waals surface area contributed by atoms with Crippen molar-refractivity contribution in [1.29, 1.82) is 0 Å². The number of carbonyl (C=O) groups is 2. The Morgan fingerprint density at radius 1 is 0.931 bits per heavy atom. The van der Waals surface area contributed by atoms with Gasteiger partial charge in [0.05, 0.1) is 10.7 Å². The topological polar surface area (TPSA) is 71.1 Å². The molecule has 3 rings (SSSR count). The highest BCUT2D eigenvalue weighted by molar-refractivity contribution is 6.35. The molecule has 1 heterocycles. The molecule has 0 aliphatic rings. The van der Waals surface area contributed by atoms with E-state index in [9.17, 15) is 9.59 Å². The van der Waals surface area contributed by atoms with E-state index in [1.165, 1.54) is 12.3 Å². The third-order valence-corrected chi connectivity index (χ3v) is 4.61. The van der Waals surface area contributed by atoms with Crippen molar-refractivity contribution in [2.24, 2.45) is 0 Å². The Hall–Kier alpha value is -3.15. The summed E-state index contributed by atoms with van der Waals surface area (Å²) in [6, 6.07) is 17.4.